The fourth-order valence-corrected chi connectivity index (χ4v) is 1.37. The van der Waals surface area contributed by atoms with Crippen LogP contribution in [0.4, 0.5) is 0 Å². The van der Waals surface area contributed by atoms with Crippen LogP contribution >= 0.6 is 0 Å². The Morgan fingerprint density at radius 1 is 1.55 bits per heavy atom. The van der Waals surface area contributed by atoms with E-state index in [1.165, 1.54) is 0 Å². The summed E-state index contributed by atoms with van der Waals surface area (Å²) in [7, 11) is 0. The molecule has 0 spiro atoms. The zero-order valence-corrected chi connectivity index (χ0v) is 5.65. The molecule has 2 aliphatic heterocycles. The second-order valence-corrected chi connectivity index (χ2v) is 2.46. The maximum Gasteiger partial charge on any atom is 0.150 e. The maximum absolute atomic E-state index is 10.4. The van der Waals surface area contributed by atoms with E-state index in [4.69, 9.17) is 10.00 Å². The molecule has 3 heteroatoms. The lowest BCUT2D eigenvalue weighted by Crippen LogP contribution is -2.04. The minimum Gasteiger partial charge on any atom is -0.356 e. The van der Waals surface area contributed by atoms with Gasteiger partial charge in [-0.3, -0.25) is 4.79 Å². The van der Waals surface area contributed by atoms with Gasteiger partial charge in [-0.1, -0.05) is 12.2 Å². The molecule has 0 radical (unpaired) electrons. The Balaban J connectivity index is 2.47. The van der Waals surface area contributed by atoms with E-state index in [0.717, 1.165) is 0 Å². The van der Waals surface area contributed by atoms with Crippen molar-refractivity contribution in [3.63, 3.8) is 0 Å². The van der Waals surface area contributed by atoms with E-state index in [1.807, 2.05) is 6.07 Å². The number of hydrogen-bond acceptors (Lipinski definition) is 3. The zero-order valence-electron chi connectivity index (χ0n) is 5.65. The molecule has 3 nitrogen and oxygen atoms in total. The normalized spacial score (nSPS) is 32.6. The molecule has 2 aliphatic rings. The third-order valence-electron chi connectivity index (χ3n) is 1.90. The van der Waals surface area contributed by atoms with E-state index in [-0.39, 0.29) is 12.2 Å². The summed E-state index contributed by atoms with van der Waals surface area (Å²) in [4.78, 5) is 10.4. The van der Waals surface area contributed by atoms with Crippen LogP contribution in [0.25, 0.3) is 0 Å². The number of rotatable bonds is 1. The lowest BCUT2D eigenvalue weighted by Gasteiger charge is -1.98. The lowest BCUT2D eigenvalue weighted by atomic mass is 9.99. The molecule has 2 bridgehead atoms. The fraction of sp³-hybridized carbons (Fsp3) is 0.250. The molecule has 0 saturated heterocycles. The largest absolute Gasteiger partial charge is 0.356 e. The first-order chi connectivity index (χ1) is 5.36. The van der Waals surface area contributed by atoms with E-state index >= 15 is 0 Å². The molecule has 0 N–H and O–H groups in total. The summed E-state index contributed by atoms with van der Waals surface area (Å²) in [5.74, 6) is 0. The van der Waals surface area contributed by atoms with Crippen molar-refractivity contribution in [2.45, 2.75) is 12.2 Å². The summed E-state index contributed by atoms with van der Waals surface area (Å²) in [6.45, 7) is 0. The van der Waals surface area contributed by atoms with Crippen molar-refractivity contribution < 1.29 is 9.53 Å². The molecule has 54 valence electrons. The van der Waals surface area contributed by atoms with Gasteiger partial charge >= 0.3 is 0 Å². The van der Waals surface area contributed by atoms with Crippen molar-refractivity contribution in [1.29, 1.82) is 5.26 Å². The Hall–Kier alpha value is -1.40. The highest BCUT2D eigenvalue weighted by Crippen LogP contribution is 2.32. The number of ether oxygens (including phenoxy) is 1. The predicted molar refractivity (Wildman–Crippen MR) is 36.5 cm³/mol. The molecule has 2 atom stereocenters. The second-order valence-electron chi connectivity index (χ2n) is 2.46. The maximum atomic E-state index is 10.4. The molecule has 2 unspecified atom stereocenters. The summed E-state index contributed by atoms with van der Waals surface area (Å²) in [5.41, 5.74) is 0.951. The van der Waals surface area contributed by atoms with Crippen molar-refractivity contribution in [3.8, 4) is 6.07 Å². The van der Waals surface area contributed by atoms with E-state index in [2.05, 4.69) is 0 Å². The first kappa shape index (κ1) is 6.32. The number of aldehydes is 1. The average molecular weight is 147 g/mol. The second kappa shape index (κ2) is 2.04. The van der Waals surface area contributed by atoms with Gasteiger partial charge in [-0.25, -0.2) is 0 Å². The van der Waals surface area contributed by atoms with Crippen LogP contribution in [0.1, 0.15) is 0 Å². The van der Waals surface area contributed by atoms with Crippen LogP contribution in [0.3, 0.4) is 0 Å². The number of nitrogens with zero attached hydrogens (tertiary/aromatic N) is 1. The van der Waals surface area contributed by atoms with Crippen molar-refractivity contribution in [1.82, 2.24) is 0 Å². The van der Waals surface area contributed by atoms with Gasteiger partial charge in [-0.05, 0) is 0 Å². The standard InChI is InChI=1S/C8H5NO2/c9-3-5-6(4-10)8-2-1-7(5)11-8/h1-2,4,7-8H. The number of nitriles is 1. The van der Waals surface area contributed by atoms with Gasteiger partial charge in [0.15, 0.2) is 0 Å². The molecular weight excluding hydrogens is 142 g/mol. The Bertz CT molecular complexity index is 309. The minimum absolute atomic E-state index is 0.257. The Labute approximate surface area is 63.6 Å². The summed E-state index contributed by atoms with van der Waals surface area (Å²) in [6.07, 6.45) is 3.79. The number of carbonyl (C=O) groups excluding carboxylic acids is 1. The molecule has 0 fully saturated rings. The monoisotopic (exact) mass is 147 g/mol. The smallest absolute Gasteiger partial charge is 0.150 e. The number of hydrogen-bond donors (Lipinski definition) is 0. The highest BCUT2D eigenvalue weighted by Gasteiger charge is 2.35. The first-order valence-corrected chi connectivity index (χ1v) is 3.30. The van der Waals surface area contributed by atoms with Crippen LogP contribution in [-0.4, -0.2) is 18.5 Å². The molecule has 2 rings (SSSR count). The lowest BCUT2D eigenvalue weighted by molar-refractivity contribution is -0.105. The van der Waals surface area contributed by atoms with Gasteiger partial charge in [0.1, 0.15) is 18.5 Å². The average Bonchev–Trinajstić information content (AvgIpc) is 2.60. The van der Waals surface area contributed by atoms with Gasteiger partial charge in [0.25, 0.3) is 0 Å². The van der Waals surface area contributed by atoms with Crippen LogP contribution in [0.15, 0.2) is 23.3 Å². The first-order valence-electron chi connectivity index (χ1n) is 3.30. The molecule has 0 aliphatic carbocycles. The third kappa shape index (κ3) is 0.673. The van der Waals surface area contributed by atoms with E-state index in [9.17, 15) is 4.79 Å². The SMILES string of the molecule is N#CC1=C(C=O)C2C=CC1O2. The highest BCUT2D eigenvalue weighted by molar-refractivity contribution is 5.81. The van der Waals surface area contributed by atoms with Gasteiger partial charge in [0, 0.05) is 5.57 Å². The Kier molecular flexibility index (Phi) is 1.17. The zero-order chi connectivity index (χ0) is 7.84. The summed E-state index contributed by atoms with van der Waals surface area (Å²) >= 11 is 0. The van der Waals surface area contributed by atoms with Crippen LogP contribution in [-0.2, 0) is 9.53 Å². The Morgan fingerprint density at radius 3 is 2.82 bits per heavy atom. The van der Waals surface area contributed by atoms with Crippen LogP contribution < -0.4 is 0 Å². The quantitative estimate of drug-likeness (QED) is 0.397. The minimum atomic E-state index is -0.259. The van der Waals surface area contributed by atoms with E-state index in [0.29, 0.717) is 17.4 Å². The number of fused-ring (bicyclic) bond motifs is 2. The van der Waals surface area contributed by atoms with Gasteiger partial charge in [-0.2, -0.15) is 5.26 Å². The molecule has 0 amide bonds. The molecule has 0 aromatic carbocycles. The molecule has 11 heavy (non-hydrogen) atoms. The summed E-state index contributed by atoms with van der Waals surface area (Å²) in [6, 6.07) is 1.97. The molecule has 0 aromatic heterocycles. The molecule has 2 heterocycles. The molecular formula is C8H5NO2. The van der Waals surface area contributed by atoms with Crippen molar-refractivity contribution in [2.75, 3.05) is 0 Å². The number of carbonyl (C=O) groups is 1. The topological polar surface area (TPSA) is 50.1 Å². The Morgan fingerprint density at radius 2 is 2.27 bits per heavy atom. The van der Waals surface area contributed by atoms with Crippen molar-refractivity contribution in [2.24, 2.45) is 0 Å². The van der Waals surface area contributed by atoms with Crippen LogP contribution in [0.2, 0.25) is 0 Å². The van der Waals surface area contributed by atoms with E-state index < -0.39 is 0 Å². The van der Waals surface area contributed by atoms with Gasteiger partial charge in [-0.15, -0.1) is 0 Å². The highest BCUT2D eigenvalue weighted by atomic mass is 16.5. The summed E-state index contributed by atoms with van der Waals surface area (Å²) in [5, 5.41) is 8.61. The van der Waals surface area contributed by atoms with Gasteiger partial charge in [0.2, 0.25) is 0 Å². The molecule has 0 saturated carbocycles. The van der Waals surface area contributed by atoms with Crippen LogP contribution in [0, 0.1) is 11.3 Å². The van der Waals surface area contributed by atoms with Gasteiger partial charge in [0.05, 0.1) is 11.6 Å². The van der Waals surface area contributed by atoms with Crippen molar-refractivity contribution in [3.05, 3.63) is 23.3 Å². The van der Waals surface area contributed by atoms with Crippen molar-refractivity contribution >= 4 is 6.29 Å². The summed E-state index contributed by atoms with van der Waals surface area (Å²) < 4.78 is 5.24. The van der Waals surface area contributed by atoms with Gasteiger partial charge < -0.3 is 4.74 Å². The molecule has 0 aromatic rings. The fourth-order valence-electron chi connectivity index (χ4n) is 1.37. The predicted octanol–water partition coefficient (Wildman–Crippen LogP) is 0.343. The van der Waals surface area contributed by atoms with Crippen LogP contribution in [0.5, 0.6) is 0 Å². The van der Waals surface area contributed by atoms with E-state index in [1.54, 1.807) is 12.2 Å². The third-order valence-corrected chi connectivity index (χ3v) is 1.90.